The third-order valence-corrected chi connectivity index (χ3v) is 5.49. The summed E-state index contributed by atoms with van der Waals surface area (Å²) >= 11 is 1.88. The maximum Gasteiger partial charge on any atom is 0.0510 e. The molecule has 1 unspecified atom stereocenters. The second-order valence-corrected chi connectivity index (χ2v) is 7.99. The lowest BCUT2D eigenvalue weighted by molar-refractivity contribution is 0.539. The van der Waals surface area contributed by atoms with Crippen LogP contribution in [-0.4, -0.2) is 12.6 Å². The highest BCUT2D eigenvalue weighted by atomic mass is 32.2. The lowest BCUT2D eigenvalue weighted by Crippen LogP contribution is -2.36. The van der Waals surface area contributed by atoms with Crippen molar-refractivity contribution in [2.24, 2.45) is 5.92 Å². The molecule has 0 aliphatic carbocycles. The molecule has 0 aromatic heterocycles. The van der Waals surface area contributed by atoms with E-state index >= 15 is 0 Å². The van der Waals surface area contributed by atoms with Gasteiger partial charge in [0.1, 0.15) is 0 Å². The summed E-state index contributed by atoms with van der Waals surface area (Å²) in [5.41, 5.74) is 2.76. The normalized spacial score (nSPS) is 12.4. The van der Waals surface area contributed by atoms with Crippen molar-refractivity contribution in [3.8, 4) is 0 Å². The molecule has 0 bridgehead atoms. The molecule has 0 amide bonds. The van der Waals surface area contributed by atoms with E-state index in [1.165, 1.54) is 21.0 Å². The van der Waals surface area contributed by atoms with Gasteiger partial charge < -0.3 is 4.90 Å². The standard InChI is InChI=1S/C22H31NS/c1-6-18(5)23(16-17(3)4)21-10-8-9-11-22(21)24-20-14-12-19(7-2)13-15-20/h8-15,17-18H,6-7,16H2,1-5H3. The molecule has 0 saturated heterocycles. The number of anilines is 1. The molecule has 2 rings (SSSR count). The van der Waals surface area contributed by atoms with Gasteiger partial charge in [-0.05, 0) is 55.5 Å². The van der Waals surface area contributed by atoms with Crippen LogP contribution in [0.5, 0.6) is 0 Å². The molecule has 0 aliphatic heterocycles. The van der Waals surface area contributed by atoms with Crippen LogP contribution in [0.4, 0.5) is 5.69 Å². The van der Waals surface area contributed by atoms with Gasteiger partial charge in [-0.15, -0.1) is 0 Å². The number of nitrogens with zero attached hydrogens (tertiary/aromatic N) is 1. The SMILES string of the molecule is CCc1ccc(Sc2ccccc2N(CC(C)C)C(C)CC)cc1. The molecule has 0 spiro atoms. The highest BCUT2D eigenvalue weighted by Gasteiger charge is 2.17. The maximum atomic E-state index is 2.58. The van der Waals surface area contributed by atoms with Crippen molar-refractivity contribution in [1.29, 1.82) is 0 Å². The van der Waals surface area contributed by atoms with Gasteiger partial charge in [-0.2, -0.15) is 0 Å². The van der Waals surface area contributed by atoms with Crippen LogP contribution in [0.15, 0.2) is 58.3 Å². The number of hydrogen-bond acceptors (Lipinski definition) is 2. The van der Waals surface area contributed by atoms with Gasteiger partial charge in [-0.25, -0.2) is 0 Å². The van der Waals surface area contributed by atoms with E-state index in [9.17, 15) is 0 Å². The summed E-state index contributed by atoms with van der Waals surface area (Å²) in [5.74, 6) is 0.654. The van der Waals surface area contributed by atoms with E-state index in [0.717, 1.165) is 19.4 Å². The third kappa shape index (κ3) is 5.04. The molecule has 2 aromatic rings. The predicted octanol–water partition coefficient (Wildman–Crippen LogP) is 6.66. The summed E-state index contributed by atoms with van der Waals surface area (Å²) in [6.45, 7) is 12.5. The minimum atomic E-state index is 0.552. The maximum absolute atomic E-state index is 2.58. The van der Waals surface area contributed by atoms with E-state index < -0.39 is 0 Å². The predicted molar refractivity (Wildman–Crippen MR) is 108 cm³/mol. The van der Waals surface area contributed by atoms with Gasteiger partial charge in [0.25, 0.3) is 0 Å². The highest BCUT2D eigenvalue weighted by molar-refractivity contribution is 7.99. The van der Waals surface area contributed by atoms with Crippen LogP contribution < -0.4 is 4.90 Å². The molecule has 1 nitrogen and oxygen atoms in total. The van der Waals surface area contributed by atoms with E-state index in [2.05, 4.69) is 88.0 Å². The summed E-state index contributed by atoms with van der Waals surface area (Å²) in [4.78, 5) is 5.24. The Morgan fingerprint density at radius 1 is 0.917 bits per heavy atom. The first-order valence-corrected chi connectivity index (χ1v) is 9.99. The first kappa shape index (κ1) is 18.9. The second-order valence-electron chi connectivity index (χ2n) is 6.87. The molecule has 0 saturated carbocycles. The monoisotopic (exact) mass is 341 g/mol. The topological polar surface area (TPSA) is 3.24 Å². The molecular weight excluding hydrogens is 310 g/mol. The molecule has 0 radical (unpaired) electrons. The lowest BCUT2D eigenvalue weighted by atomic mass is 10.1. The Morgan fingerprint density at radius 3 is 2.17 bits per heavy atom. The molecule has 1 atom stereocenters. The van der Waals surface area contributed by atoms with E-state index in [4.69, 9.17) is 0 Å². The number of benzene rings is 2. The van der Waals surface area contributed by atoms with Crippen LogP contribution in [-0.2, 0) is 6.42 Å². The molecule has 0 N–H and O–H groups in total. The van der Waals surface area contributed by atoms with Crippen LogP contribution in [0.25, 0.3) is 0 Å². The van der Waals surface area contributed by atoms with Gasteiger partial charge in [-0.3, -0.25) is 0 Å². The summed E-state index contributed by atoms with van der Waals surface area (Å²) in [7, 11) is 0. The zero-order valence-corrected chi connectivity index (χ0v) is 16.6. The van der Waals surface area contributed by atoms with Crippen LogP contribution in [0, 0.1) is 5.92 Å². The first-order chi connectivity index (χ1) is 11.5. The summed E-state index contributed by atoms with van der Waals surface area (Å²) in [6.07, 6.45) is 2.26. The number of rotatable bonds is 8. The fraction of sp³-hybridized carbons (Fsp3) is 0.455. The van der Waals surface area contributed by atoms with Gasteiger partial charge in [0.2, 0.25) is 0 Å². The van der Waals surface area contributed by atoms with Crippen molar-refractivity contribution in [2.45, 2.75) is 63.3 Å². The third-order valence-electron chi connectivity index (χ3n) is 4.42. The van der Waals surface area contributed by atoms with Crippen LogP contribution in [0.3, 0.4) is 0 Å². The molecular formula is C22H31NS. The first-order valence-electron chi connectivity index (χ1n) is 9.17. The average Bonchev–Trinajstić information content (AvgIpc) is 2.60. The van der Waals surface area contributed by atoms with Crippen molar-refractivity contribution in [3.05, 3.63) is 54.1 Å². The minimum absolute atomic E-state index is 0.552. The van der Waals surface area contributed by atoms with Gasteiger partial charge >= 0.3 is 0 Å². The Labute approximate surface area is 152 Å². The van der Waals surface area contributed by atoms with E-state index in [1.807, 2.05) is 11.8 Å². The van der Waals surface area contributed by atoms with Crippen molar-refractivity contribution >= 4 is 17.4 Å². The molecule has 0 fully saturated rings. The van der Waals surface area contributed by atoms with Crippen molar-refractivity contribution in [1.82, 2.24) is 0 Å². The van der Waals surface area contributed by atoms with Gasteiger partial charge in [0.05, 0.1) is 5.69 Å². The molecule has 0 aliphatic rings. The summed E-state index contributed by atoms with van der Waals surface area (Å²) in [6, 6.07) is 18.4. The van der Waals surface area contributed by atoms with Gasteiger partial charge in [0, 0.05) is 22.4 Å². The molecule has 24 heavy (non-hydrogen) atoms. The van der Waals surface area contributed by atoms with Crippen LogP contribution >= 0.6 is 11.8 Å². The molecule has 0 heterocycles. The summed E-state index contributed by atoms with van der Waals surface area (Å²) in [5, 5.41) is 0. The largest absolute Gasteiger partial charge is 0.368 e. The van der Waals surface area contributed by atoms with Crippen LogP contribution in [0.1, 0.15) is 46.6 Å². The highest BCUT2D eigenvalue weighted by Crippen LogP contribution is 2.36. The second kappa shape index (κ2) is 9.17. The van der Waals surface area contributed by atoms with Crippen molar-refractivity contribution in [3.63, 3.8) is 0 Å². The van der Waals surface area contributed by atoms with E-state index in [1.54, 1.807) is 0 Å². The number of hydrogen-bond donors (Lipinski definition) is 0. The Balaban J connectivity index is 2.29. The Bertz CT molecular complexity index is 618. The van der Waals surface area contributed by atoms with Crippen molar-refractivity contribution < 1.29 is 0 Å². The fourth-order valence-electron chi connectivity index (χ4n) is 2.83. The van der Waals surface area contributed by atoms with Gasteiger partial charge in [-0.1, -0.05) is 63.7 Å². The Morgan fingerprint density at radius 2 is 1.58 bits per heavy atom. The van der Waals surface area contributed by atoms with Crippen molar-refractivity contribution in [2.75, 3.05) is 11.4 Å². The average molecular weight is 342 g/mol. The van der Waals surface area contributed by atoms with Crippen LogP contribution in [0.2, 0.25) is 0 Å². The minimum Gasteiger partial charge on any atom is -0.368 e. The Hall–Kier alpha value is -1.41. The quantitative estimate of drug-likeness (QED) is 0.528. The smallest absolute Gasteiger partial charge is 0.0510 e. The van der Waals surface area contributed by atoms with Gasteiger partial charge in [0.15, 0.2) is 0 Å². The zero-order valence-electron chi connectivity index (χ0n) is 15.8. The van der Waals surface area contributed by atoms with E-state index in [0.29, 0.717) is 12.0 Å². The molecule has 2 aromatic carbocycles. The fourth-order valence-corrected chi connectivity index (χ4v) is 3.79. The summed E-state index contributed by atoms with van der Waals surface area (Å²) < 4.78 is 0. The molecule has 2 heteroatoms. The molecule has 130 valence electrons. The van der Waals surface area contributed by atoms with E-state index in [-0.39, 0.29) is 0 Å². The lowest BCUT2D eigenvalue weighted by Gasteiger charge is -2.33. The number of para-hydroxylation sites is 1. The number of aryl methyl sites for hydroxylation is 1. The Kier molecular flexibility index (Phi) is 7.23. The zero-order chi connectivity index (χ0) is 17.5.